The van der Waals surface area contributed by atoms with Gasteiger partial charge in [-0.2, -0.15) is 0 Å². The Morgan fingerprint density at radius 3 is 2.74 bits per heavy atom. The number of piperidine rings is 1. The number of hydrogen-bond acceptors (Lipinski definition) is 4. The molecule has 4 rings (SSSR count). The first-order valence-electron chi connectivity index (χ1n) is 11.2. The Morgan fingerprint density at radius 2 is 1.94 bits per heavy atom. The molecule has 34 heavy (non-hydrogen) atoms. The molecule has 1 atom stereocenters. The molecule has 3 aromatic rings. The Morgan fingerprint density at radius 1 is 1.09 bits per heavy atom. The topological polar surface area (TPSA) is 74.3 Å². The fourth-order valence-electron chi connectivity index (χ4n) is 4.11. The number of carbonyl (C=O) groups is 2. The number of nitrogens with zero attached hydrogens (tertiary/aromatic N) is 2. The molecule has 2 N–H and O–H groups in total. The standard InChI is InChI=1S/C26H26Cl2N4O2/c27-21-10-9-19(23(28)13-21)16-32-12-4-6-20(17-32)25(33)31-24-8-2-1-7-22(24)26(34)30-15-18-5-3-11-29-14-18/h1-3,5,7-11,13-14,20H,4,6,12,15-17H2,(H,30,34)(H,31,33). The quantitative estimate of drug-likeness (QED) is 0.473. The largest absolute Gasteiger partial charge is 0.348 e. The van der Waals surface area contributed by atoms with Crippen molar-refractivity contribution in [2.45, 2.75) is 25.9 Å². The van der Waals surface area contributed by atoms with Crippen molar-refractivity contribution < 1.29 is 9.59 Å². The lowest BCUT2D eigenvalue weighted by atomic mass is 9.96. The van der Waals surface area contributed by atoms with Crippen LogP contribution in [0.15, 0.2) is 67.0 Å². The average Bonchev–Trinajstić information content (AvgIpc) is 2.85. The van der Waals surface area contributed by atoms with Crippen molar-refractivity contribution in [3.63, 3.8) is 0 Å². The average molecular weight is 497 g/mol. The van der Waals surface area contributed by atoms with E-state index in [1.165, 1.54) is 0 Å². The van der Waals surface area contributed by atoms with E-state index in [9.17, 15) is 9.59 Å². The second-order valence-electron chi connectivity index (χ2n) is 8.39. The number of amides is 2. The fraction of sp³-hybridized carbons (Fsp3) is 0.269. The maximum Gasteiger partial charge on any atom is 0.253 e. The smallest absolute Gasteiger partial charge is 0.253 e. The third kappa shape index (κ3) is 6.35. The molecule has 0 spiro atoms. The third-order valence-electron chi connectivity index (χ3n) is 5.89. The van der Waals surface area contributed by atoms with E-state index in [1.807, 2.05) is 30.3 Å². The van der Waals surface area contributed by atoms with E-state index < -0.39 is 0 Å². The summed E-state index contributed by atoms with van der Waals surface area (Å²) in [5.74, 6) is -0.506. The van der Waals surface area contributed by atoms with Gasteiger partial charge in [0.25, 0.3) is 5.91 Å². The van der Waals surface area contributed by atoms with Crippen LogP contribution >= 0.6 is 23.2 Å². The second-order valence-corrected chi connectivity index (χ2v) is 9.23. The number of carbonyl (C=O) groups excluding carboxylic acids is 2. The Bertz CT molecular complexity index is 1160. The highest BCUT2D eigenvalue weighted by Gasteiger charge is 2.27. The molecule has 1 aromatic heterocycles. The van der Waals surface area contributed by atoms with Gasteiger partial charge in [-0.15, -0.1) is 0 Å². The van der Waals surface area contributed by atoms with Gasteiger partial charge in [0.15, 0.2) is 0 Å². The highest BCUT2D eigenvalue weighted by Crippen LogP contribution is 2.26. The maximum atomic E-state index is 13.1. The highest BCUT2D eigenvalue weighted by molar-refractivity contribution is 6.35. The van der Waals surface area contributed by atoms with Crippen LogP contribution in [-0.4, -0.2) is 34.8 Å². The predicted octanol–water partition coefficient (Wildman–Crippen LogP) is 5.17. The van der Waals surface area contributed by atoms with Crippen LogP contribution in [0.4, 0.5) is 5.69 Å². The van der Waals surface area contributed by atoms with E-state index in [0.717, 1.165) is 30.5 Å². The molecule has 0 aliphatic carbocycles. The molecule has 1 fully saturated rings. The minimum absolute atomic E-state index is 0.0839. The molecule has 6 nitrogen and oxygen atoms in total. The minimum Gasteiger partial charge on any atom is -0.348 e. The predicted molar refractivity (Wildman–Crippen MR) is 135 cm³/mol. The van der Waals surface area contributed by atoms with Gasteiger partial charge in [-0.1, -0.05) is 47.5 Å². The summed E-state index contributed by atoms with van der Waals surface area (Å²) in [5.41, 5.74) is 2.83. The normalized spacial score (nSPS) is 16.1. The van der Waals surface area contributed by atoms with Crippen LogP contribution in [0.3, 0.4) is 0 Å². The SMILES string of the molecule is O=C(NCc1cccnc1)c1ccccc1NC(=O)C1CCCN(Cc2ccc(Cl)cc2Cl)C1. The van der Waals surface area contributed by atoms with Crippen molar-refractivity contribution in [2.24, 2.45) is 5.92 Å². The van der Waals surface area contributed by atoms with Crippen LogP contribution < -0.4 is 10.6 Å². The van der Waals surface area contributed by atoms with Gasteiger partial charge in [0, 0.05) is 42.1 Å². The van der Waals surface area contributed by atoms with Crippen molar-refractivity contribution in [1.82, 2.24) is 15.2 Å². The number of aromatic nitrogens is 1. The molecule has 2 aromatic carbocycles. The number of likely N-dealkylation sites (tertiary alicyclic amines) is 1. The van der Waals surface area contributed by atoms with E-state index in [2.05, 4.69) is 20.5 Å². The molecular formula is C26H26Cl2N4O2. The van der Waals surface area contributed by atoms with E-state index in [4.69, 9.17) is 23.2 Å². The lowest BCUT2D eigenvalue weighted by Gasteiger charge is -2.32. The molecule has 0 saturated carbocycles. The molecule has 0 radical (unpaired) electrons. The van der Waals surface area contributed by atoms with Gasteiger partial charge < -0.3 is 10.6 Å². The summed E-state index contributed by atoms with van der Waals surface area (Å²) in [5, 5.41) is 7.11. The van der Waals surface area contributed by atoms with E-state index in [-0.39, 0.29) is 17.7 Å². The summed E-state index contributed by atoms with van der Waals surface area (Å²) < 4.78 is 0. The zero-order valence-corrected chi connectivity index (χ0v) is 20.1. The molecule has 2 heterocycles. The maximum absolute atomic E-state index is 13.1. The van der Waals surface area contributed by atoms with Crippen molar-refractivity contribution >= 4 is 40.7 Å². The number of para-hydroxylation sites is 1. The number of anilines is 1. The molecule has 1 aliphatic heterocycles. The van der Waals surface area contributed by atoms with Gasteiger partial charge in [0.1, 0.15) is 0 Å². The number of hydrogen-bond donors (Lipinski definition) is 2. The summed E-state index contributed by atoms with van der Waals surface area (Å²) in [6.07, 6.45) is 5.11. The Kier molecular flexibility index (Phi) is 8.16. The van der Waals surface area contributed by atoms with Crippen LogP contribution in [0.2, 0.25) is 10.0 Å². The number of rotatable bonds is 7. The molecule has 1 aliphatic rings. The summed E-state index contributed by atoms with van der Waals surface area (Å²) >= 11 is 12.3. The van der Waals surface area contributed by atoms with Crippen LogP contribution in [0, 0.1) is 5.92 Å². The number of benzene rings is 2. The molecule has 1 unspecified atom stereocenters. The van der Waals surface area contributed by atoms with Crippen molar-refractivity contribution in [3.05, 3.63) is 93.7 Å². The van der Waals surface area contributed by atoms with Gasteiger partial charge in [0.2, 0.25) is 5.91 Å². The van der Waals surface area contributed by atoms with E-state index in [1.54, 1.807) is 36.7 Å². The number of halogens is 2. The molecular weight excluding hydrogens is 471 g/mol. The molecule has 0 bridgehead atoms. The van der Waals surface area contributed by atoms with Crippen molar-refractivity contribution in [2.75, 3.05) is 18.4 Å². The first-order valence-corrected chi connectivity index (χ1v) is 12.0. The van der Waals surface area contributed by atoms with Crippen molar-refractivity contribution in [1.29, 1.82) is 0 Å². The molecule has 1 saturated heterocycles. The van der Waals surface area contributed by atoms with Gasteiger partial charge in [-0.25, -0.2) is 0 Å². The number of nitrogens with one attached hydrogen (secondary N) is 2. The summed E-state index contributed by atoms with van der Waals surface area (Å²) in [4.78, 5) is 32.2. The minimum atomic E-state index is -0.248. The second kappa shape index (κ2) is 11.5. The summed E-state index contributed by atoms with van der Waals surface area (Å²) in [6, 6.07) is 16.3. The van der Waals surface area contributed by atoms with Gasteiger partial charge in [-0.05, 0) is 60.8 Å². The lowest BCUT2D eigenvalue weighted by molar-refractivity contribution is -0.121. The fourth-order valence-corrected chi connectivity index (χ4v) is 4.58. The zero-order valence-electron chi connectivity index (χ0n) is 18.6. The van der Waals surface area contributed by atoms with E-state index in [0.29, 0.717) is 40.9 Å². The monoisotopic (exact) mass is 496 g/mol. The van der Waals surface area contributed by atoms with Gasteiger partial charge in [0.05, 0.1) is 17.2 Å². The van der Waals surface area contributed by atoms with Crippen LogP contribution in [0.25, 0.3) is 0 Å². The summed E-state index contributed by atoms with van der Waals surface area (Å²) in [7, 11) is 0. The first-order chi connectivity index (χ1) is 16.5. The first kappa shape index (κ1) is 24.2. The van der Waals surface area contributed by atoms with Gasteiger partial charge in [-0.3, -0.25) is 19.5 Å². The molecule has 8 heteroatoms. The lowest BCUT2D eigenvalue weighted by Crippen LogP contribution is -2.40. The Labute approximate surface area is 209 Å². The molecule has 176 valence electrons. The van der Waals surface area contributed by atoms with Gasteiger partial charge >= 0.3 is 0 Å². The van der Waals surface area contributed by atoms with Crippen molar-refractivity contribution in [3.8, 4) is 0 Å². The Balaban J connectivity index is 1.38. The van der Waals surface area contributed by atoms with Crippen LogP contribution in [-0.2, 0) is 17.9 Å². The Hall–Kier alpha value is -2.93. The third-order valence-corrected chi connectivity index (χ3v) is 6.48. The zero-order chi connectivity index (χ0) is 23.9. The number of pyridine rings is 1. The van der Waals surface area contributed by atoms with Crippen LogP contribution in [0.1, 0.15) is 34.3 Å². The molecule has 2 amide bonds. The highest BCUT2D eigenvalue weighted by atomic mass is 35.5. The van der Waals surface area contributed by atoms with E-state index >= 15 is 0 Å². The summed E-state index contributed by atoms with van der Waals surface area (Å²) in [6.45, 7) is 2.54. The van der Waals surface area contributed by atoms with Crippen LogP contribution in [0.5, 0.6) is 0 Å².